The van der Waals surface area contributed by atoms with Gasteiger partial charge >= 0.3 is 0 Å². The zero-order valence-electron chi connectivity index (χ0n) is 13.1. The molecule has 0 radical (unpaired) electrons. The molecule has 0 aliphatic carbocycles. The van der Waals surface area contributed by atoms with E-state index in [0.717, 1.165) is 5.56 Å². The molecular formula is C18H15FN2O4. The van der Waals surface area contributed by atoms with E-state index in [1.807, 2.05) is 0 Å². The van der Waals surface area contributed by atoms with Gasteiger partial charge in [-0.05, 0) is 35.9 Å². The molecular weight excluding hydrogens is 327 g/mol. The molecule has 3 rings (SSSR count). The van der Waals surface area contributed by atoms with Gasteiger partial charge in [0, 0.05) is 6.08 Å². The number of fused-ring (bicyclic) bond motifs is 1. The highest BCUT2D eigenvalue weighted by atomic mass is 19.1. The van der Waals surface area contributed by atoms with Crippen LogP contribution in [0.1, 0.15) is 15.9 Å². The summed E-state index contributed by atoms with van der Waals surface area (Å²) in [6.45, 7) is 0.981. The largest absolute Gasteiger partial charge is 0.486 e. The Hall–Kier alpha value is -3.35. The maximum absolute atomic E-state index is 13.5. The predicted octanol–water partition coefficient (Wildman–Crippen LogP) is 2.07. The summed E-state index contributed by atoms with van der Waals surface area (Å²) in [5.74, 6) is -0.688. The summed E-state index contributed by atoms with van der Waals surface area (Å²) in [4.78, 5) is 23.5. The monoisotopic (exact) mass is 342 g/mol. The molecule has 2 amide bonds. The van der Waals surface area contributed by atoms with Gasteiger partial charge in [-0.1, -0.05) is 18.2 Å². The fraction of sp³-hybridized carbons (Fsp3) is 0.111. The Morgan fingerprint density at radius 1 is 1.00 bits per heavy atom. The molecule has 0 bridgehead atoms. The number of rotatable bonds is 3. The molecule has 0 spiro atoms. The lowest BCUT2D eigenvalue weighted by atomic mass is 10.2. The van der Waals surface area contributed by atoms with Crippen molar-refractivity contribution in [2.45, 2.75) is 0 Å². The Labute approximate surface area is 143 Å². The summed E-state index contributed by atoms with van der Waals surface area (Å²) in [7, 11) is 0. The molecule has 0 atom stereocenters. The fourth-order valence-corrected chi connectivity index (χ4v) is 2.21. The van der Waals surface area contributed by atoms with Gasteiger partial charge in [0.1, 0.15) is 19.0 Å². The minimum atomic E-state index is -0.737. The lowest BCUT2D eigenvalue weighted by Gasteiger charge is -2.18. The molecule has 0 saturated carbocycles. The molecule has 7 heteroatoms. The second-order valence-electron chi connectivity index (χ2n) is 5.16. The van der Waals surface area contributed by atoms with Crippen molar-refractivity contribution >= 4 is 17.9 Å². The normalized spacial score (nSPS) is 12.7. The van der Waals surface area contributed by atoms with Gasteiger partial charge in [-0.3, -0.25) is 20.4 Å². The molecule has 1 aliphatic rings. The van der Waals surface area contributed by atoms with Gasteiger partial charge in [-0.2, -0.15) is 0 Å². The van der Waals surface area contributed by atoms with E-state index in [-0.39, 0.29) is 5.56 Å². The molecule has 2 aromatic carbocycles. The molecule has 6 nitrogen and oxygen atoms in total. The van der Waals surface area contributed by atoms with Crippen molar-refractivity contribution in [3.63, 3.8) is 0 Å². The van der Waals surface area contributed by atoms with Crippen molar-refractivity contribution in [1.29, 1.82) is 0 Å². The lowest BCUT2D eigenvalue weighted by Crippen LogP contribution is -2.41. The first-order valence-corrected chi connectivity index (χ1v) is 7.56. The minimum Gasteiger partial charge on any atom is -0.486 e. The smallest absolute Gasteiger partial charge is 0.272 e. The van der Waals surface area contributed by atoms with Crippen molar-refractivity contribution in [3.8, 4) is 11.5 Å². The second-order valence-corrected chi connectivity index (χ2v) is 5.16. The molecule has 2 N–H and O–H groups in total. The fourth-order valence-electron chi connectivity index (χ4n) is 2.21. The zero-order chi connectivity index (χ0) is 17.6. The SMILES string of the molecule is O=C(/C=C/c1ccc2c(c1)OCCO2)NNC(=O)c1ccccc1F. The van der Waals surface area contributed by atoms with E-state index in [0.29, 0.717) is 24.7 Å². The van der Waals surface area contributed by atoms with Crippen LogP contribution in [0, 0.1) is 5.82 Å². The van der Waals surface area contributed by atoms with Crippen LogP contribution in [-0.2, 0) is 4.79 Å². The molecule has 0 fully saturated rings. The van der Waals surface area contributed by atoms with Gasteiger partial charge in [-0.25, -0.2) is 4.39 Å². The highest BCUT2D eigenvalue weighted by Crippen LogP contribution is 2.31. The van der Waals surface area contributed by atoms with E-state index in [4.69, 9.17) is 9.47 Å². The van der Waals surface area contributed by atoms with Crippen molar-refractivity contribution in [1.82, 2.24) is 10.9 Å². The second kappa shape index (κ2) is 7.48. The first-order valence-electron chi connectivity index (χ1n) is 7.56. The molecule has 25 heavy (non-hydrogen) atoms. The van der Waals surface area contributed by atoms with Crippen LogP contribution in [0.4, 0.5) is 4.39 Å². The number of hydrazine groups is 1. The van der Waals surface area contributed by atoms with Crippen LogP contribution in [-0.4, -0.2) is 25.0 Å². The van der Waals surface area contributed by atoms with Gasteiger partial charge in [0.15, 0.2) is 11.5 Å². The Morgan fingerprint density at radius 2 is 1.76 bits per heavy atom. The number of nitrogens with one attached hydrogen (secondary N) is 2. The number of amides is 2. The standard InChI is InChI=1S/C18H15FN2O4/c19-14-4-2-1-3-13(14)18(23)21-20-17(22)8-6-12-5-7-15-16(11-12)25-10-9-24-15/h1-8,11H,9-10H2,(H,20,22)(H,21,23)/b8-6+. The summed E-state index contributed by atoms with van der Waals surface area (Å²) in [5, 5.41) is 0. The Balaban J connectivity index is 1.56. The molecule has 1 aliphatic heterocycles. The number of benzene rings is 2. The third kappa shape index (κ3) is 4.14. The Morgan fingerprint density at radius 3 is 2.56 bits per heavy atom. The van der Waals surface area contributed by atoms with Gasteiger partial charge in [0.05, 0.1) is 5.56 Å². The Bertz CT molecular complexity index is 836. The van der Waals surface area contributed by atoms with Crippen molar-refractivity contribution in [3.05, 3.63) is 65.5 Å². The van der Waals surface area contributed by atoms with Crippen molar-refractivity contribution in [2.75, 3.05) is 13.2 Å². The highest BCUT2D eigenvalue weighted by Gasteiger charge is 2.12. The maximum atomic E-state index is 13.5. The van der Waals surface area contributed by atoms with Gasteiger partial charge in [0.25, 0.3) is 11.8 Å². The van der Waals surface area contributed by atoms with Crippen molar-refractivity contribution in [2.24, 2.45) is 0 Å². The summed E-state index contributed by atoms with van der Waals surface area (Å²) < 4.78 is 24.3. The number of hydrogen-bond donors (Lipinski definition) is 2. The number of hydrogen-bond acceptors (Lipinski definition) is 4. The van der Waals surface area contributed by atoms with E-state index in [1.165, 1.54) is 30.3 Å². The van der Waals surface area contributed by atoms with E-state index in [9.17, 15) is 14.0 Å². The topological polar surface area (TPSA) is 76.7 Å². The predicted molar refractivity (Wildman–Crippen MR) is 88.5 cm³/mol. The van der Waals surface area contributed by atoms with Crippen LogP contribution in [0.15, 0.2) is 48.5 Å². The zero-order valence-corrected chi connectivity index (χ0v) is 13.1. The van der Waals surface area contributed by atoms with Crippen LogP contribution in [0.3, 0.4) is 0 Å². The van der Waals surface area contributed by atoms with E-state index >= 15 is 0 Å². The average molecular weight is 342 g/mol. The van der Waals surface area contributed by atoms with Crippen LogP contribution in [0.2, 0.25) is 0 Å². The van der Waals surface area contributed by atoms with Crippen LogP contribution >= 0.6 is 0 Å². The molecule has 2 aromatic rings. The molecule has 0 saturated heterocycles. The average Bonchev–Trinajstić information content (AvgIpc) is 2.64. The third-order valence-electron chi connectivity index (χ3n) is 3.41. The van der Waals surface area contributed by atoms with E-state index in [1.54, 1.807) is 24.3 Å². The summed E-state index contributed by atoms with van der Waals surface area (Å²) in [6.07, 6.45) is 2.80. The molecule has 1 heterocycles. The molecule has 128 valence electrons. The van der Waals surface area contributed by atoms with E-state index < -0.39 is 17.6 Å². The number of carbonyl (C=O) groups excluding carboxylic acids is 2. The van der Waals surface area contributed by atoms with Gasteiger partial charge in [0.2, 0.25) is 0 Å². The quantitative estimate of drug-likeness (QED) is 0.661. The third-order valence-corrected chi connectivity index (χ3v) is 3.41. The minimum absolute atomic E-state index is 0.154. The number of halogens is 1. The maximum Gasteiger partial charge on any atom is 0.272 e. The first-order chi connectivity index (χ1) is 12.1. The highest BCUT2D eigenvalue weighted by molar-refractivity contribution is 5.98. The van der Waals surface area contributed by atoms with Gasteiger partial charge < -0.3 is 9.47 Å². The molecule has 0 aromatic heterocycles. The summed E-state index contributed by atoms with van der Waals surface area (Å²) >= 11 is 0. The van der Waals surface area contributed by atoms with Crippen LogP contribution < -0.4 is 20.3 Å². The van der Waals surface area contributed by atoms with Gasteiger partial charge in [-0.15, -0.1) is 0 Å². The lowest BCUT2D eigenvalue weighted by molar-refractivity contribution is -0.117. The first kappa shape index (κ1) is 16.5. The number of carbonyl (C=O) groups is 2. The number of ether oxygens (including phenoxy) is 2. The van der Waals surface area contributed by atoms with Crippen molar-refractivity contribution < 1.29 is 23.5 Å². The van der Waals surface area contributed by atoms with E-state index in [2.05, 4.69) is 10.9 Å². The summed E-state index contributed by atoms with van der Waals surface area (Å²) in [6, 6.07) is 10.8. The summed E-state index contributed by atoms with van der Waals surface area (Å²) in [5.41, 5.74) is 4.93. The Kier molecular flexibility index (Phi) is 4.94. The van der Waals surface area contributed by atoms with Crippen LogP contribution in [0.25, 0.3) is 6.08 Å². The van der Waals surface area contributed by atoms with Crippen LogP contribution in [0.5, 0.6) is 11.5 Å². The molecule has 0 unspecified atom stereocenters.